The molecule has 16 heavy (non-hydrogen) atoms. The molecule has 0 aliphatic rings. The molecule has 0 fully saturated rings. The van der Waals surface area contributed by atoms with Gasteiger partial charge in [-0.3, -0.25) is 0 Å². The van der Waals surface area contributed by atoms with E-state index in [4.69, 9.17) is 0 Å². The molecule has 0 amide bonds. The van der Waals surface area contributed by atoms with E-state index >= 15 is 0 Å². The largest absolute Gasteiger partial charge is 0.206 e. The van der Waals surface area contributed by atoms with Gasteiger partial charge in [0.05, 0.1) is 3.57 Å². The first kappa shape index (κ1) is 12.0. The molecular weight excluding hydrogens is 389 g/mol. The van der Waals surface area contributed by atoms with E-state index in [0.717, 1.165) is 0 Å². The van der Waals surface area contributed by atoms with Gasteiger partial charge in [0.2, 0.25) is 0 Å². The van der Waals surface area contributed by atoms with Crippen molar-refractivity contribution in [2.75, 3.05) is 0 Å². The molecule has 0 aliphatic carbocycles. The summed E-state index contributed by atoms with van der Waals surface area (Å²) >= 11 is 5.16. The van der Waals surface area contributed by atoms with Gasteiger partial charge >= 0.3 is 0 Å². The van der Waals surface area contributed by atoms with Gasteiger partial charge in [0.1, 0.15) is 11.6 Å². The smallest absolute Gasteiger partial charge is 0.137 e. The van der Waals surface area contributed by atoms with Gasteiger partial charge in [-0.05, 0) is 40.8 Å². The zero-order chi connectivity index (χ0) is 11.7. The van der Waals surface area contributed by atoms with Crippen LogP contribution in [0.15, 0.2) is 40.9 Å². The van der Waals surface area contributed by atoms with Crippen molar-refractivity contribution >= 4 is 38.5 Å². The van der Waals surface area contributed by atoms with Crippen LogP contribution in [0.5, 0.6) is 0 Å². The lowest BCUT2D eigenvalue weighted by Gasteiger charge is -2.08. The average Bonchev–Trinajstić information content (AvgIpc) is 2.24. The normalized spacial score (nSPS) is 10.5. The van der Waals surface area contributed by atoms with E-state index in [1.54, 1.807) is 24.3 Å². The number of rotatable bonds is 1. The standard InChI is InChI=1S/C12H6BrF2I/c13-8-4-2-5-9(14)11(8)7-3-1-6-10(15)12(7)16/h1-6H. The Morgan fingerprint density at radius 3 is 2.25 bits per heavy atom. The van der Waals surface area contributed by atoms with Gasteiger partial charge in [-0.1, -0.05) is 34.1 Å². The van der Waals surface area contributed by atoms with E-state index in [0.29, 0.717) is 19.2 Å². The summed E-state index contributed by atoms with van der Waals surface area (Å²) in [5.74, 6) is -0.703. The molecule has 2 rings (SSSR count). The van der Waals surface area contributed by atoms with Gasteiger partial charge in [0.25, 0.3) is 0 Å². The molecule has 0 saturated heterocycles. The van der Waals surface area contributed by atoms with Crippen LogP contribution in [-0.4, -0.2) is 0 Å². The highest BCUT2D eigenvalue weighted by atomic mass is 127. The number of hydrogen-bond donors (Lipinski definition) is 0. The zero-order valence-corrected chi connectivity index (χ0v) is 11.7. The van der Waals surface area contributed by atoms with Crippen LogP contribution >= 0.6 is 38.5 Å². The Hall–Kier alpha value is -0.490. The molecular formula is C12H6BrF2I. The highest BCUT2D eigenvalue weighted by Gasteiger charge is 2.13. The second-order valence-electron chi connectivity index (χ2n) is 3.20. The molecule has 0 bridgehead atoms. The van der Waals surface area contributed by atoms with Gasteiger partial charge in [-0.25, -0.2) is 8.78 Å². The van der Waals surface area contributed by atoms with Crippen LogP contribution < -0.4 is 0 Å². The van der Waals surface area contributed by atoms with E-state index < -0.39 is 0 Å². The monoisotopic (exact) mass is 394 g/mol. The second kappa shape index (κ2) is 4.79. The maximum Gasteiger partial charge on any atom is 0.137 e. The lowest BCUT2D eigenvalue weighted by molar-refractivity contribution is 0.618. The van der Waals surface area contributed by atoms with Crippen LogP contribution in [-0.2, 0) is 0 Å². The maximum absolute atomic E-state index is 13.7. The molecule has 0 atom stereocenters. The summed E-state index contributed by atoms with van der Waals surface area (Å²) in [5.41, 5.74) is 0.956. The van der Waals surface area contributed by atoms with Gasteiger partial charge in [-0.2, -0.15) is 0 Å². The molecule has 0 aromatic heterocycles. The highest BCUT2D eigenvalue weighted by molar-refractivity contribution is 14.1. The average molecular weight is 395 g/mol. The molecule has 0 aliphatic heterocycles. The molecule has 0 radical (unpaired) electrons. The van der Waals surface area contributed by atoms with E-state index in [1.807, 2.05) is 22.6 Å². The van der Waals surface area contributed by atoms with Crippen molar-refractivity contribution < 1.29 is 8.78 Å². The Kier molecular flexibility index (Phi) is 3.59. The van der Waals surface area contributed by atoms with Crippen molar-refractivity contribution in [3.63, 3.8) is 0 Å². The van der Waals surface area contributed by atoms with Crippen molar-refractivity contribution in [3.05, 3.63) is 56.1 Å². The Morgan fingerprint density at radius 2 is 1.56 bits per heavy atom. The molecule has 0 unspecified atom stereocenters. The Morgan fingerprint density at radius 1 is 0.938 bits per heavy atom. The van der Waals surface area contributed by atoms with E-state index in [-0.39, 0.29) is 11.6 Å². The van der Waals surface area contributed by atoms with Crippen LogP contribution in [0.4, 0.5) is 8.78 Å². The highest BCUT2D eigenvalue weighted by Crippen LogP contribution is 2.34. The Balaban J connectivity index is 2.73. The van der Waals surface area contributed by atoms with Crippen LogP contribution in [0.25, 0.3) is 11.1 Å². The third-order valence-corrected chi connectivity index (χ3v) is 3.94. The van der Waals surface area contributed by atoms with Crippen LogP contribution in [0.1, 0.15) is 0 Å². The molecule has 82 valence electrons. The summed E-state index contributed by atoms with van der Waals surface area (Å²) in [4.78, 5) is 0. The summed E-state index contributed by atoms with van der Waals surface area (Å²) in [6.07, 6.45) is 0. The lowest BCUT2D eigenvalue weighted by Crippen LogP contribution is -1.91. The molecule has 0 saturated carbocycles. The third kappa shape index (κ3) is 2.13. The number of halogens is 4. The summed E-state index contributed by atoms with van der Waals surface area (Å²) in [6, 6.07) is 9.34. The first-order chi connectivity index (χ1) is 7.61. The van der Waals surface area contributed by atoms with Crippen LogP contribution in [0.3, 0.4) is 0 Å². The van der Waals surface area contributed by atoms with Gasteiger partial charge in [0.15, 0.2) is 0 Å². The molecule has 4 heteroatoms. The van der Waals surface area contributed by atoms with E-state index in [1.165, 1.54) is 12.1 Å². The van der Waals surface area contributed by atoms with Gasteiger partial charge in [-0.15, -0.1) is 0 Å². The molecule has 0 nitrogen and oxygen atoms in total. The van der Waals surface area contributed by atoms with Crippen molar-refractivity contribution in [1.29, 1.82) is 0 Å². The Labute approximate surface area is 114 Å². The second-order valence-corrected chi connectivity index (χ2v) is 5.13. The van der Waals surface area contributed by atoms with Gasteiger partial charge in [0, 0.05) is 15.6 Å². The van der Waals surface area contributed by atoms with Crippen molar-refractivity contribution in [2.45, 2.75) is 0 Å². The fourth-order valence-electron chi connectivity index (χ4n) is 1.45. The van der Waals surface area contributed by atoms with E-state index in [2.05, 4.69) is 15.9 Å². The topological polar surface area (TPSA) is 0 Å². The van der Waals surface area contributed by atoms with Crippen LogP contribution in [0, 0.1) is 15.2 Å². The summed E-state index contributed by atoms with van der Waals surface area (Å²) in [6.45, 7) is 0. The van der Waals surface area contributed by atoms with Gasteiger partial charge < -0.3 is 0 Å². The summed E-state index contributed by atoms with van der Waals surface area (Å²) < 4.78 is 28.1. The summed E-state index contributed by atoms with van der Waals surface area (Å²) in [7, 11) is 0. The SMILES string of the molecule is Fc1cccc(-c2c(F)cccc2Br)c1I. The predicted octanol–water partition coefficient (Wildman–Crippen LogP) is 5.00. The minimum Gasteiger partial charge on any atom is -0.206 e. The van der Waals surface area contributed by atoms with Crippen molar-refractivity contribution in [1.82, 2.24) is 0 Å². The van der Waals surface area contributed by atoms with E-state index in [9.17, 15) is 8.78 Å². The Bertz CT molecular complexity index is 520. The quantitative estimate of drug-likeness (QED) is 0.597. The minimum absolute atomic E-state index is 0.340. The summed E-state index contributed by atoms with van der Waals surface area (Å²) in [5, 5.41) is 0. The molecule has 2 aromatic rings. The number of hydrogen-bond acceptors (Lipinski definition) is 0. The molecule has 0 heterocycles. The van der Waals surface area contributed by atoms with Crippen LogP contribution in [0.2, 0.25) is 0 Å². The minimum atomic E-state index is -0.363. The fraction of sp³-hybridized carbons (Fsp3) is 0. The molecule has 0 spiro atoms. The first-order valence-corrected chi connectivity index (χ1v) is 6.37. The first-order valence-electron chi connectivity index (χ1n) is 4.49. The van der Waals surface area contributed by atoms with Crippen molar-refractivity contribution in [3.8, 4) is 11.1 Å². The molecule has 0 N–H and O–H groups in total. The van der Waals surface area contributed by atoms with Crippen molar-refractivity contribution in [2.24, 2.45) is 0 Å². The lowest BCUT2D eigenvalue weighted by atomic mass is 10.1. The predicted molar refractivity (Wildman–Crippen MR) is 72.2 cm³/mol. The zero-order valence-electron chi connectivity index (χ0n) is 7.98. The molecule has 2 aromatic carbocycles. The number of benzene rings is 2. The fourth-order valence-corrected chi connectivity index (χ4v) is 2.64. The maximum atomic E-state index is 13.7. The third-order valence-electron chi connectivity index (χ3n) is 2.18.